The molecule has 0 aliphatic heterocycles. The minimum atomic E-state index is 0.196. The van der Waals surface area contributed by atoms with Gasteiger partial charge in [-0.25, -0.2) is 4.98 Å². The van der Waals surface area contributed by atoms with Crippen LogP contribution in [0.15, 0.2) is 22.7 Å². The summed E-state index contributed by atoms with van der Waals surface area (Å²) in [6.45, 7) is 7.91. The number of rotatable bonds is 3. The predicted octanol–water partition coefficient (Wildman–Crippen LogP) is 5.43. The molecule has 2 rings (SSSR count). The molecular weight excluding hydrogens is 340 g/mol. The third kappa shape index (κ3) is 3.30. The molecular formula is C15H16BrClN2O. The van der Waals surface area contributed by atoms with Gasteiger partial charge in [0.15, 0.2) is 0 Å². The fraction of sp³-hybridized carbons (Fsp3) is 0.333. The molecule has 0 amide bonds. The summed E-state index contributed by atoms with van der Waals surface area (Å²) in [5.74, 6) is 2.13. The largest absolute Gasteiger partial charge is 0.439 e. The Hall–Kier alpha value is -1.13. The Morgan fingerprint density at radius 2 is 1.90 bits per heavy atom. The molecule has 0 atom stereocenters. The molecule has 0 fully saturated rings. The van der Waals surface area contributed by atoms with Gasteiger partial charge in [-0.3, -0.25) is 0 Å². The Morgan fingerprint density at radius 1 is 1.20 bits per heavy atom. The van der Waals surface area contributed by atoms with Crippen LogP contribution in [0.5, 0.6) is 11.6 Å². The molecule has 5 heteroatoms. The highest BCUT2D eigenvalue weighted by atomic mass is 79.9. The third-order valence-corrected chi connectivity index (χ3v) is 4.18. The maximum absolute atomic E-state index is 6.15. The van der Waals surface area contributed by atoms with Crippen LogP contribution in [-0.4, -0.2) is 9.97 Å². The van der Waals surface area contributed by atoms with Crippen molar-refractivity contribution in [3.8, 4) is 11.6 Å². The van der Waals surface area contributed by atoms with E-state index in [4.69, 9.17) is 16.3 Å². The van der Waals surface area contributed by atoms with E-state index in [9.17, 15) is 0 Å². The van der Waals surface area contributed by atoms with Gasteiger partial charge in [0.2, 0.25) is 5.88 Å². The minimum Gasteiger partial charge on any atom is -0.439 e. The normalized spacial score (nSPS) is 10.9. The Morgan fingerprint density at radius 3 is 2.50 bits per heavy atom. The number of aryl methyl sites for hydroxylation is 1. The Labute approximate surface area is 132 Å². The van der Waals surface area contributed by atoms with E-state index >= 15 is 0 Å². The molecule has 0 aliphatic rings. The van der Waals surface area contributed by atoms with Gasteiger partial charge in [-0.15, -0.1) is 0 Å². The van der Waals surface area contributed by atoms with Gasteiger partial charge in [-0.2, -0.15) is 4.98 Å². The first-order valence-corrected chi connectivity index (χ1v) is 7.53. The van der Waals surface area contributed by atoms with E-state index in [1.54, 1.807) is 0 Å². The van der Waals surface area contributed by atoms with Gasteiger partial charge in [0.05, 0.1) is 0 Å². The number of aromatic nitrogens is 2. The highest BCUT2D eigenvalue weighted by Crippen LogP contribution is 2.30. The van der Waals surface area contributed by atoms with Gasteiger partial charge in [-0.05, 0) is 37.6 Å². The van der Waals surface area contributed by atoms with E-state index < -0.39 is 0 Å². The zero-order chi connectivity index (χ0) is 14.9. The molecule has 1 heterocycles. The molecule has 0 aliphatic carbocycles. The molecule has 20 heavy (non-hydrogen) atoms. The maximum atomic E-state index is 6.15. The second-order valence-corrected chi connectivity index (χ2v) is 6.18. The van der Waals surface area contributed by atoms with Crippen molar-refractivity contribution in [2.75, 3.05) is 0 Å². The summed E-state index contributed by atoms with van der Waals surface area (Å²) in [4.78, 5) is 8.72. The highest BCUT2D eigenvalue weighted by Gasteiger charge is 2.13. The highest BCUT2D eigenvalue weighted by molar-refractivity contribution is 9.10. The minimum absolute atomic E-state index is 0.196. The van der Waals surface area contributed by atoms with E-state index in [1.165, 1.54) is 0 Å². The molecule has 0 radical (unpaired) electrons. The SMILES string of the molecule is Cc1cc(Oc2nc(C(C)C)nc(Cl)c2C)ccc1Br. The van der Waals surface area contributed by atoms with Crippen LogP contribution >= 0.6 is 27.5 Å². The fourth-order valence-electron chi connectivity index (χ4n) is 1.64. The number of nitrogens with zero attached hydrogens (tertiary/aromatic N) is 2. The fourth-order valence-corrected chi connectivity index (χ4v) is 2.05. The molecule has 0 unspecified atom stereocenters. The maximum Gasteiger partial charge on any atom is 0.226 e. The number of hydrogen-bond acceptors (Lipinski definition) is 3. The van der Waals surface area contributed by atoms with Crippen molar-refractivity contribution >= 4 is 27.5 Å². The molecule has 106 valence electrons. The van der Waals surface area contributed by atoms with E-state index in [2.05, 4.69) is 25.9 Å². The van der Waals surface area contributed by atoms with Crippen molar-refractivity contribution in [2.24, 2.45) is 0 Å². The van der Waals surface area contributed by atoms with Crippen molar-refractivity contribution in [2.45, 2.75) is 33.6 Å². The topological polar surface area (TPSA) is 35.0 Å². The molecule has 3 nitrogen and oxygen atoms in total. The van der Waals surface area contributed by atoms with Crippen molar-refractivity contribution in [3.05, 3.63) is 44.8 Å². The molecule has 0 saturated carbocycles. The van der Waals surface area contributed by atoms with E-state index in [1.807, 2.05) is 45.9 Å². The lowest BCUT2D eigenvalue weighted by molar-refractivity contribution is 0.452. The van der Waals surface area contributed by atoms with Crippen LogP contribution < -0.4 is 4.74 Å². The van der Waals surface area contributed by atoms with E-state index in [0.717, 1.165) is 21.3 Å². The summed E-state index contributed by atoms with van der Waals surface area (Å²) < 4.78 is 6.91. The van der Waals surface area contributed by atoms with Crippen molar-refractivity contribution < 1.29 is 4.74 Å². The summed E-state index contributed by atoms with van der Waals surface area (Å²) >= 11 is 9.62. The molecule has 2 aromatic rings. The van der Waals surface area contributed by atoms with Crippen LogP contribution in [-0.2, 0) is 0 Å². The lowest BCUT2D eigenvalue weighted by Crippen LogP contribution is -2.02. The summed E-state index contributed by atoms with van der Waals surface area (Å²) in [6, 6.07) is 5.79. The van der Waals surface area contributed by atoms with Gasteiger partial charge < -0.3 is 4.74 Å². The van der Waals surface area contributed by atoms with Crippen LogP contribution in [0.1, 0.15) is 36.7 Å². The first-order chi connectivity index (χ1) is 9.38. The molecule has 0 spiro atoms. The molecule has 0 N–H and O–H groups in total. The molecule has 0 saturated heterocycles. The van der Waals surface area contributed by atoms with Crippen molar-refractivity contribution in [3.63, 3.8) is 0 Å². The first kappa shape index (κ1) is 15.3. The van der Waals surface area contributed by atoms with Crippen molar-refractivity contribution in [1.82, 2.24) is 9.97 Å². The zero-order valence-corrected chi connectivity index (χ0v) is 14.2. The predicted molar refractivity (Wildman–Crippen MR) is 84.8 cm³/mol. The van der Waals surface area contributed by atoms with Gasteiger partial charge in [0, 0.05) is 16.0 Å². The van der Waals surface area contributed by atoms with Gasteiger partial charge in [-0.1, -0.05) is 41.4 Å². The lowest BCUT2D eigenvalue weighted by Gasteiger charge is -2.12. The number of hydrogen-bond donors (Lipinski definition) is 0. The van der Waals surface area contributed by atoms with Crippen LogP contribution in [0.25, 0.3) is 0 Å². The van der Waals surface area contributed by atoms with E-state index in [-0.39, 0.29) is 5.92 Å². The Balaban J connectivity index is 2.39. The molecule has 1 aromatic heterocycles. The van der Waals surface area contributed by atoms with Gasteiger partial charge in [0.25, 0.3) is 0 Å². The number of ether oxygens (including phenoxy) is 1. The average molecular weight is 356 g/mol. The van der Waals surface area contributed by atoms with Crippen LogP contribution in [0.4, 0.5) is 0 Å². The second-order valence-electron chi connectivity index (χ2n) is 4.97. The van der Waals surface area contributed by atoms with Gasteiger partial charge >= 0.3 is 0 Å². The summed E-state index contributed by atoms with van der Waals surface area (Å²) in [6.07, 6.45) is 0. The average Bonchev–Trinajstić information content (AvgIpc) is 2.38. The molecule has 1 aromatic carbocycles. The monoisotopic (exact) mass is 354 g/mol. The Bertz CT molecular complexity index is 644. The quantitative estimate of drug-likeness (QED) is 0.689. The zero-order valence-electron chi connectivity index (χ0n) is 11.9. The summed E-state index contributed by atoms with van der Waals surface area (Å²) in [5, 5.41) is 0.438. The standard InChI is InChI=1S/C15H16BrClN2O/c1-8(2)14-18-13(17)10(4)15(19-14)20-11-5-6-12(16)9(3)7-11/h5-8H,1-4H3. The number of halogens is 2. The lowest BCUT2D eigenvalue weighted by atomic mass is 10.2. The van der Waals surface area contributed by atoms with Crippen LogP contribution in [0.3, 0.4) is 0 Å². The number of benzene rings is 1. The Kier molecular flexibility index (Phi) is 4.66. The van der Waals surface area contributed by atoms with Gasteiger partial charge in [0.1, 0.15) is 16.7 Å². The van der Waals surface area contributed by atoms with E-state index in [0.29, 0.717) is 16.9 Å². The summed E-state index contributed by atoms with van der Waals surface area (Å²) in [5.41, 5.74) is 1.85. The third-order valence-electron chi connectivity index (χ3n) is 2.92. The van der Waals surface area contributed by atoms with Crippen LogP contribution in [0.2, 0.25) is 5.15 Å². The first-order valence-electron chi connectivity index (χ1n) is 6.36. The smallest absolute Gasteiger partial charge is 0.226 e. The summed E-state index contributed by atoms with van der Waals surface area (Å²) in [7, 11) is 0. The second kappa shape index (κ2) is 6.10. The molecule has 0 bridgehead atoms. The van der Waals surface area contributed by atoms with Crippen molar-refractivity contribution in [1.29, 1.82) is 0 Å². The van der Waals surface area contributed by atoms with Crippen LogP contribution in [0, 0.1) is 13.8 Å².